The molecule has 0 aliphatic heterocycles. The number of nitrogens with one attached hydrogen (secondary N) is 1. The van der Waals surface area contributed by atoms with Crippen molar-refractivity contribution in [1.29, 1.82) is 0 Å². The van der Waals surface area contributed by atoms with E-state index < -0.39 is 12.1 Å². The maximum Gasteiger partial charge on any atom is 0.305 e. The van der Waals surface area contributed by atoms with Crippen LogP contribution in [-0.2, 0) is 14.3 Å². The maximum absolute atomic E-state index is 12.5. The Kier molecular flexibility index (Phi) is 63.0. The third kappa shape index (κ3) is 60.8. The standard InChI is InChI=1S/C70H129NO5/c1-3-5-7-9-11-13-15-17-19-21-31-34-38-42-46-50-54-58-62-68(73)67(66-72)71-69(74)63-59-55-51-47-43-39-35-32-29-27-25-23-22-24-26-28-30-33-37-41-45-49-53-57-61-65-76-70(75)64-60-56-52-48-44-40-36-20-18-16-14-12-10-8-6-4-2/h14,16,20,23-26,36,58,62,67-68,72-73H,3-13,15,17-19,21-22,27-35,37-57,59-61,63-66H2,1-2H3,(H,71,74)/b16-14-,25-23-,26-24-,36-20-,62-58+. The normalized spacial score (nSPS) is 12.9. The van der Waals surface area contributed by atoms with E-state index in [1.807, 2.05) is 6.08 Å². The minimum atomic E-state index is -0.850. The van der Waals surface area contributed by atoms with Gasteiger partial charge in [-0.3, -0.25) is 9.59 Å². The van der Waals surface area contributed by atoms with E-state index in [2.05, 4.69) is 67.8 Å². The zero-order valence-electron chi connectivity index (χ0n) is 50.7. The van der Waals surface area contributed by atoms with E-state index in [4.69, 9.17) is 4.74 Å². The van der Waals surface area contributed by atoms with Gasteiger partial charge in [0, 0.05) is 12.8 Å². The lowest BCUT2D eigenvalue weighted by molar-refractivity contribution is -0.143. The van der Waals surface area contributed by atoms with Crippen molar-refractivity contribution in [2.24, 2.45) is 0 Å². The molecule has 0 aliphatic carbocycles. The van der Waals surface area contributed by atoms with Crippen LogP contribution >= 0.6 is 0 Å². The molecule has 0 radical (unpaired) electrons. The minimum Gasteiger partial charge on any atom is -0.466 e. The summed E-state index contributed by atoms with van der Waals surface area (Å²) in [6.45, 7) is 4.89. The first kappa shape index (κ1) is 73.6. The summed E-state index contributed by atoms with van der Waals surface area (Å²) in [5.74, 6) is -0.0780. The van der Waals surface area contributed by atoms with Crippen molar-refractivity contribution in [2.45, 2.75) is 360 Å². The number of carbonyl (C=O) groups excluding carboxylic acids is 2. The summed E-state index contributed by atoms with van der Waals surface area (Å²) in [7, 11) is 0. The Bertz CT molecular complexity index is 1320. The molecule has 0 saturated heterocycles. The summed E-state index contributed by atoms with van der Waals surface area (Å²) in [6, 6.07) is -0.634. The number of ether oxygens (including phenoxy) is 1. The predicted molar refractivity (Wildman–Crippen MR) is 333 cm³/mol. The zero-order chi connectivity index (χ0) is 55.0. The number of amides is 1. The molecule has 0 fully saturated rings. The molecule has 0 aliphatic rings. The minimum absolute atomic E-state index is 0.00521. The van der Waals surface area contributed by atoms with E-state index in [0.717, 1.165) is 57.8 Å². The second-order valence-corrected chi connectivity index (χ2v) is 22.8. The summed E-state index contributed by atoms with van der Waals surface area (Å²) in [5, 5.41) is 23.2. The molecule has 0 aromatic heterocycles. The Morgan fingerprint density at radius 3 is 1.01 bits per heavy atom. The molecule has 0 rings (SSSR count). The number of aliphatic hydroxyl groups excluding tert-OH is 2. The fourth-order valence-corrected chi connectivity index (χ4v) is 10.1. The quantitative estimate of drug-likeness (QED) is 0.0320. The number of hydrogen-bond donors (Lipinski definition) is 3. The monoisotopic (exact) mass is 1060 g/mol. The van der Waals surface area contributed by atoms with Crippen LogP contribution in [0.3, 0.4) is 0 Å². The van der Waals surface area contributed by atoms with Crippen LogP contribution in [0.4, 0.5) is 0 Å². The smallest absolute Gasteiger partial charge is 0.305 e. The largest absolute Gasteiger partial charge is 0.466 e. The highest BCUT2D eigenvalue weighted by Gasteiger charge is 2.18. The van der Waals surface area contributed by atoms with Crippen LogP contribution in [0.1, 0.15) is 348 Å². The number of allylic oxidation sites excluding steroid dienone is 9. The third-order valence-electron chi connectivity index (χ3n) is 15.3. The van der Waals surface area contributed by atoms with Crippen LogP contribution < -0.4 is 5.32 Å². The van der Waals surface area contributed by atoms with Crippen LogP contribution in [0.25, 0.3) is 0 Å². The number of rotatable bonds is 62. The Morgan fingerprint density at radius 2 is 0.658 bits per heavy atom. The van der Waals surface area contributed by atoms with Gasteiger partial charge in [0.1, 0.15) is 0 Å². The number of carbonyl (C=O) groups is 2. The molecule has 6 nitrogen and oxygen atoms in total. The molecule has 6 heteroatoms. The fraction of sp³-hybridized carbons (Fsp3) is 0.829. The first-order valence-corrected chi connectivity index (χ1v) is 33.6. The molecule has 76 heavy (non-hydrogen) atoms. The van der Waals surface area contributed by atoms with Crippen molar-refractivity contribution >= 4 is 11.9 Å². The number of esters is 1. The lowest BCUT2D eigenvalue weighted by atomic mass is 10.0. The van der Waals surface area contributed by atoms with Gasteiger partial charge >= 0.3 is 5.97 Å². The Hall–Kier alpha value is -2.44. The van der Waals surface area contributed by atoms with Crippen LogP contribution in [-0.4, -0.2) is 47.4 Å². The first-order chi connectivity index (χ1) is 37.5. The molecule has 0 spiro atoms. The highest BCUT2D eigenvalue weighted by molar-refractivity contribution is 5.76. The average Bonchev–Trinajstić information content (AvgIpc) is 3.42. The van der Waals surface area contributed by atoms with Crippen LogP contribution in [0.2, 0.25) is 0 Å². The Morgan fingerprint density at radius 1 is 0.368 bits per heavy atom. The number of unbranched alkanes of at least 4 members (excludes halogenated alkanes) is 43. The van der Waals surface area contributed by atoms with Crippen molar-refractivity contribution in [3.8, 4) is 0 Å². The lowest BCUT2D eigenvalue weighted by Crippen LogP contribution is -2.45. The molecular weight excluding hydrogens is 935 g/mol. The molecule has 3 N–H and O–H groups in total. The summed E-state index contributed by atoms with van der Waals surface area (Å²) < 4.78 is 5.48. The van der Waals surface area contributed by atoms with Crippen molar-refractivity contribution in [2.75, 3.05) is 13.2 Å². The van der Waals surface area contributed by atoms with E-state index in [-0.39, 0.29) is 18.5 Å². The van der Waals surface area contributed by atoms with Gasteiger partial charge < -0.3 is 20.3 Å². The number of hydrogen-bond acceptors (Lipinski definition) is 5. The summed E-state index contributed by atoms with van der Waals surface area (Å²) in [5.41, 5.74) is 0. The molecule has 0 aromatic carbocycles. The van der Waals surface area contributed by atoms with Gasteiger partial charge in [-0.2, -0.15) is 0 Å². The zero-order valence-corrected chi connectivity index (χ0v) is 50.7. The Labute approximate surface area is 473 Å². The van der Waals surface area contributed by atoms with E-state index >= 15 is 0 Å². The van der Waals surface area contributed by atoms with Gasteiger partial charge in [0.2, 0.25) is 5.91 Å². The molecule has 0 aromatic rings. The highest BCUT2D eigenvalue weighted by atomic mass is 16.5. The first-order valence-electron chi connectivity index (χ1n) is 33.6. The molecule has 2 unspecified atom stereocenters. The molecule has 0 bridgehead atoms. The van der Waals surface area contributed by atoms with Crippen molar-refractivity contribution < 1.29 is 24.5 Å². The Balaban J connectivity index is 3.47. The summed E-state index contributed by atoms with van der Waals surface area (Å²) in [4.78, 5) is 24.6. The van der Waals surface area contributed by atoms with Gasteiger partial charge in [-0.15, -0.1) is 0 Å². The van der Waals surface area contributed by atoms with Crippen molar-refractivity contribution in [3.63, 3.8) is 0 Å². The molecule has 1 amide bonds. The van der Waals surface area contributed by atoms with Crippen molar-refractivity contribution in [1.82, 2.24) is 5.32 Å². The highest BCUT2D eigenvalue weighted by Crippen LogP contribution is 2.17. The summed E-state index contributed by atoms with van der Waals surface area (Å²) >= 11 is 0. The second-order valence-electron chi connectivity index (χ2n) is 22.8. The molecule has 0 heterocycles. The molecule has 0 saturated carbocycles. The predicted octanol–water partition coefficient (Wildman–Crippen LogP) is 21.5. The van der Waals surface area contributed by atoms with E-state index in [0.29, 0.717) is 19.4 Å². The third-order valence-corrected chi connectivity index (χ3v) is 15.3. The van der Waals surface area contributed by atoms with Crippen LogP contribution in [0.15, 0.2) is 60.8 Å². The van der Waals surface area contributed by atoms with Crippen LogP contribution in [0, 0.1) is 0 Å². The van der Waals surface area contributed by atoms with Crippen molar-refractivity contribution in [3.05, 3.63) is 60.8 Å². The van der Waals surface area contributed by atoms with E-state index in [1.54, 1.807) is 6.08 Å². The SMILES string of the molecule is CCCCCC/C=C\C/C=C\CCCCCCCC(=O)OCCCCCCCCCCC/C=C\C/C=C\CCCCCCCCCCCC(=O)NC(CO)C(O)/C=C/CCCCCCCCCCCCCCCCCC. The van der Waals surface area contributed by atoms with Gasteiger partial charge in [0.15, 0.2) is 0 Å². The molecular formula is C70H129NO5. The van der Waals surface area contributed by atoms with Crippen LogP contribution in [0.5, 0.6) is 0 Å². The molecule has 444 valence electrons. The average molecular weight is 1060 g/mol. The number of aliphatic hydroxyl groups is 2. The second kappa shape index (κ2) is 65.1. The lowest BCUT2D eigenvalue weighted by Gasteiger charge is -2.20. The molecule has 2 atom stereocenters. The van der Waals surface area contributed by atoms with E-state index in [9.17, 15) is 19.8 Å². The van der Waals surface area contributed by atoms with Gasteiger partial charge in [0.05, 0.1) is 25.4 Å². The van der Waals surface area contributed by atoms with Gasteiger partial charge in [0.25, 0.3) is 0 Å². The van der Waals surface area contributed by atoms with Gasteiger partial charge in [-0.25, -0.2) is 0 Å². The van der Waals surface area contributed by atoms with Gasteiger partial charge in [-0.05, 0) is 96.3 Å². The topological polar surface area (TPSA) is 95.9 Å². The maximum atomic E-state index is 12.5. The van der Waals surface area contributed by atoms with E-state index in [1.165, 1.54) is 263 Å². The summed E-state index contributed by atoms with van der Waals surface area (Å²) in [6.07, 6.45) is 85.6. The van der Waals surface area contributed by atoms with Gasteiger partial charge in [-0.1, -0.05) is 299 Å². The fourth-order valence-electron chi connectivity index (χ4n) is 10.1.